The SMILES string of the molecule is C[C@H](OC(=O)[C@H]1CCCO1)C(=O)Nc1cc(F)ccc1F. The standard InChI is InChI=1S/C14H15F2NO4/c1-8(21-14(19)12-3-2-6-20-12)13(18)17-11-7-9(15)4-5-10(11)16/h4-5,7-8,12H,2-3,6H2,1H3,(H,17,18)/t8-,12+/m0/s1. The van der Waals surface area contributed by atoms with Crippen LogP contribution < -0.4 is 5.32 Å². The van der Waals surface area contributed by atoms with E-state index >= 15 is 0 Å². The number of benzene rings is 1. The van der Waals surface area contributed by atoms with Crippen LogP contribution in [-0.4, -0.2) is 30.7 Å². The fourth-order valence-corrected chi connectivity index (χ4v) is 1.89. The maximum atomic E-state index is 13.4. The Morgan fingerprint density at radius 1 is 1.43 bits per heavy atom. The minimum Gasteiger partial charge on any atom is -0.451 e. The van der Waals surface area contributed by atoms with Crippen molar-refractivity contribution in [2.24, 2.45) is 0 Å². The normalized spacial score (nSPS) is 19.1. The first-order chi connectivity index (χ1) is 9.97. The second-order valence-corrected chi connectivity index (χ2v) is 4.69. The molecule has 1 heterocycles. The number of hydrogen-bond acceptors (Lipinski definition) is 4. The molecule has 7 heteroatoms. The molecule has 0 aliphatic carbocycles. The van der Waals surface area contributed by atoms with Crippen LogP contribution in [0.4, 0.5) is 14.5 Å². The van der Waals surface area contributed by atoms with E-state index in [1.807, 2.05) is 0 Å². The van der Waals surface area contributed by atoms with E-state index in [-0.39, 0.29) is 5.69 Å². The van der Waals surface area contributed by atoms with Gasteiger partial charge in [-0.15, -0.1) is 0 Å². The summed E-state index contributed by atoms with van der Waals surface area (Å²) in [6.45, 7) is 1.83. The van der Waals surface area contributed by atoms with Crippen molar-refractivity contribution in [2.75, 3.05) is 11.9 Å². The zero-order valence-corrected chi connectivity index (χ0v) is 11.4. The molecule has 1 aliphatic rings. The zero-order chi connectivity index (χ0) is 15.4. The first-order valence-electron chi connectivity index (χ1n) is 6.55. The Hall–Kier alpha value is -2.02. The smallest absolute Gasteiger partial charge is 0.336 e. The predicted molar refractivity (Wildman–Crippen MR) is 69.5 cm³/mol. The number of halogens is 2. The average molecular weight is 299 g/mol. The highest BCUT2D eigenvalue weighted by Crippen LogP contribution is 2.17. The summed E-state index contributed by atoms with van der Waals surface area (Å²) in [5, 5.41) is 2.17. The fourth-order valence-electron chi connectivity index (χ4n) is 1.89. The van der Waals surface area contributed by atoms with Crippen LogP contribution in [-0.2, 0) is 19.1 Å². The number of ether oxygens (including phenoxy) is 2. The van der Waals surface area contributed by atoms with Gasteiger partial charge in [0.25, 0.3) is 5.91 Å². The topological polar surface area (TPSA) is 64.6 Å². The summed E-state index contributed by atoms with van der Waals surface area (Å²) in [5.74, 6) is -2.83. The summed E-state index contributed by atoms with van der Waals surface area (Å²) in [4.78, 5) is 23.5. The molecule has 1 amide bonds. The largest absolute Gasteiger partial charge is 0.451 e. The third-order valence-electron chi connectivity index (χ3n) is 3.04. The molecule has 1 aromatic rings. The predicted octanol–water partition coefficient (Wildman–Crippen LogP) is 2.01. The van der Waals surface area contributed by atoms with E-state index < -0.39 is 35.7 Å². The van der Waals surface area contributed by atoms with Crippen LogP contribution in [0.3, 0.4) is 0 Å². The molecule has 1 aliphatic heterocycles. The summed E-state index contributed by atoms with van der Waals surface area (Å²) in [6.07, 6.45) is -0.490. The molecule has 0 spiro atoms. The highest BCUT2D eigenvalue weighted by Gasteiger charge is 2.28. The van der Waals surface area contributed by atoms with Gasteiger partial charge >= 0.3 is 5.97 Å². The highest BCUT2D eigenvalue weighted by atomic mass is 19.1. The molecule has 1 aromatic carbocycles. The van der Waals surface area contributed by atoms with Crippen molar-refractivity contribution < 1.29 is 27.8 Å². The molecule has 0 saturated carbocycles. The van der Waals surface area contributed by atoms with Gasteiger partial charge in [-0.3, -0.25) is 4.79 Å². The van der Waals surface area contributed by atoms with Gasteiger partial charge in [0.15, 0.2) is 12.2 Å². The fraction of sp³-hybridized carbons (Fsp3) is 0.429. The summed E-state index contributed by atoms with van der Waals surface area (Å²) in [7, 11) is 0. The lowest BCUT2D eigenvalue weighted by molar-refractivity contribution is -0.162. The van der Waals surface area contributed by atoms with Crippen molar-refractivity contribution in [1.29, 1.82) is 0 Å². The van der Waals surface area contributed by atoms with Crippen LogP contribution in [0, 0.1) is 11.6 Å². The van der Waals surface area contributed by atoms with Gasteiger partial charge in [-0.25, -0.2) is 13.6 Å². The Balaban J connectivity index is 1.93. The Kier molecular flexibility index (Phi) is 4.85. The van der Waals surface area contributed by atoms with Crippen LogP contribution in [0.2, 0.25) is 0 Å². The Labute approximate surface area is 120 Å². The van der Waals surface area contributed by atoms with Crippen molar-refractivity contribution in [3.05, 3.63) is 29.8 Å². The van der Waals surface area contributed by atoms with Crippen molar-refractivity contribution in [3.63, 3.8) is 0 Å². The molecule has 1 saturated heterocycles. The lowest BCUT2D eigenvalue weighted by Crippen LogP contribution is -2.34. The van der Waals surface area contributed by atoms with Gasteiger partial charge in [0.1, 0.15) is 11.6 Å². The number of carbonyl (C=O) groups excluding carboxylic acids is 2. The molecule has 21 heavy (non-hydrogen) atoms. The Morgan fingerprint density at radius 2 is 2.19 bits per heavy atom. The van der Waals surface area contributed by atoms with Crippen LogP contribution in [0.1, 0.15) is 19.8 Å². The van der Waals surface area contributed by atoms with E-state index in [9.17, 15) is 18.4 Å². The summed E-state index contributed by atoms with van der Waals surface area (Å²) < 4.78 is 36.5. The van der Waals surface area contributed by atoms with Gasteiger partial charge in [-0.2, -0.15) is 0 Å². The van der Waals surface area contributed by atoms with E-state index in [1.54, 1.807) is 0 Å². The molecule has 1 fully saturated rings. The van der Waals surface area contributed by atoms with Gasteiger partial charge in [0.2, 0.25) is 0 Å². The lowest BCUT2D eigenvalue weighted by Gasteiger charge is -2.16. The summed E-state index contributed by atoms with van der Waals surface area (Å²) in [5.41, 5.74) is -0.306. The maximum Gasteiger partial charge on any atom is 0.336 e. The van der Waals surface area contributed by atoms with Crippen molar-refractivity contribution >= 4 is 17.6 Å². The summed E-state index contributed by atoms with van der Waals surface area (Å²) in [6, 6.07) is 2.68. The van der Waals surface area contributed by atoms with Gasteiger partial charge in [0, 0.05) is 12.7 Å². The van der Waals surface area contributed by atoms with Crippen LogP contribution in [0.25, 0.3) is 0 Å². The van der Waals surface area contributed by atoms with Crippen LogP contribution >= 0.6 is 0 Å². The van der Waals surface area contributed by atoms with Gasteiger partial charge in [-0.1, -0.05) is 0 Å². The van der Waals surface area contributed by atoms with E-state index in [4.69, 9.17) is 9.47 Å². The molecule has 2 atom stereocenters. The van der Waals surface area contributed by atoms with E-state index in [2.05, 4.69) is 5.32 Å². The molecule has 5 nitrogen and oxygen atoms in total. The number of anilines is 1. The molecule has 0 aromatic heterocycles. The average Bonchev–Trinajstić information content (AvgIpc) is 2.97. The van der Waals surface area contributed by atoms with Crippen LogP contribution in [0.5, 0.6) is 0 Å². The molecule has 0 bridgehead atoms. The minimum absolute atomic E-state index is 0.306. The third-order valence-corrected chi connectivity index (χ3v) is 3.04. The maximum absolute atomic E-state index is 13.4. The minimum atomic E-state index is -1.13. The Bertz CT molecular complexity index is 544. The molecule has 114 valence electrons. The van der Waals surface area contributed by atoms with Gasteiger partial charge in [0.05, 0.1) is 5.69 Å². The summed E-state index contributed by atoms with van der Waals surface area (Å²) >= 11 is 0. The molecular weight excluding hydrogens is 284 g/mol. The molecule has 2 rings (SSSR count). The monoisotopic (exact) mass is 299 g/mol. The van der Waals surface area contributed by atoms with E-state index in [0.29, 0.717) is 13.0 Å². The Morgan fingerprint density at radius 3 is 2.86 bits per heavy atom. The lowest BCUT2D eigenvalue weighted by atomic mass is 10.2. The first-order valence-corrected chi connectivity index (χ1v) is 6.55. The first kappa shape index (κ1) is 15.4. The van der Waals surface area contributed by atoms with Gasteiger partial charge in [-0.05, 0) is 31.9 Å². The number of rotatable bonds is 4. The molecule has 0 radical (unpaired) electrons. The molecular formula is C14H15F2NO4. The molecule has 1 N–H and O–H groups in total. The zero-order valence-electron chi connectivity index (χ0n) is 11.4. The van der Waals surface area contributed by atoms with Crippen molar-refractivity contribution in [1.82, 2.24) is 0 Å². The van der Waals surface area contributed by atoms with Crippen molar-refractivity contribution in [2.45, 2.75) is 32.0 Å². The van der Waals surface area contributed by atoms with Crippen LogP contribution in [0.15, 0.2) is 18.2 Å². The second-order valence-electron chi connectivity index (χ2n) is 4.69. The second kappa shape index (κ2) is 6.62. The number of esters is 1. The number of amides is 1. The van der Waals surface area contributed by atoms with E-state index in [1.165, 1.54) is 6.92 Å². The third kappa shape index (κ3) is 3.98. The van der Waals surface area contributed by atoms with E-state index in [0.717, 1.165) is 24.6 Å². The number of nitrogens with one attached hydrogen (secondary N) is 1. The highest BCUT2D eigenvalue weighted by molar-refractivity contribution is 5.95. The van der Waals surface area contributed by atoms with Gasteiger partial charge < -0.3 is 14.8 Å². The van der Waals surface area contributed by atoms with Crippen molar-refractivity contribution in [3.8, 4) is 0 Å². The number of hydrogen-bond donors (Lipinski definition) is 1. The number of carbonyl (C=O) groups is 2. The quantitative estimate of drug-likeness (QED) is 0.864. The molecule has 0 unspecified atom stereocenters.